The zero-order valence-corrected chi connectivity index (χ0v) is 12.0. The fourth-order valence-corrected chi connectivity index (χ4v) is 2.16. The normalized spacial score (nSPS) is 23.9. The van der Waals surface area contributed by atoms with Crippen LogP contribution in [0.3, 0.4) is 0 Å². The Bertz CT molecular complexity index is 255. The first-order valence-corrected chi connectivity index (χ1v) is 6.88. The van der Waals surface area contributed by atoms with Crippen LogP contribution in [0.4, 0.5) is 0 Å². The molecular weight excluding hydrogens is 212 g/mol. The van der Waals surface area contributed by atoms with E-state index in [0.717, 1.165) is 32.5 Å². The number of rotatable bonds is 4. The summed E-state index contributed by atoms with van der Waals surface area (Å²) in [4.78, 5) is 14.3. The third kappa shape index (κ3) is 3.98. The first-order chi connectivity index (χ1) is 7.86. The Kier molecular flexibility index (Phi) is 4.99. The molecule has 1 heterocycles. The van der Waals surface area contributed by atoms with Gasteiger partial charge in [0, 0.05) is 13.1 Å². The van der Waals surface area contributed by atoms with E-state index in [1.54, 1.807) is 0 Å². The second-order valence-electron chi connectivity index (χ2n) is 6.30. The third-order valence-electron chi connectivity index (χ3n) is 3.95. The molecule has 0 aromatic heterocycles. The number of likely N-dealkylation sites (tertiary alicyclic amines) is 1. The minimum Gasteiger partial charge on any atom is -0.341 e. The lowest BCUT2D eigenvalue weighted by atomic mass is 9.81. The number of hydrogen-bond donors (Lipinski definition) is 1. The van der Waals surface area contributed by atoms with Gasteiger partial charge in [-0.2, -0.15) is 0 Å². The summed E-state index contributed by atoms with van der Waals surface area (Å²) in [6.07, 6.45) is 2.12. The van der Waals surface area contributed by atoms with Crippen LogP contribution in [0.5, 0.6) is 0 Å². The van der Waals surface area contributed by atoms with Crippen LogP contribution in [-0.4, -0.2) is 36.5 Å². The molecule has 1 rings (SSSR count). The minimum atomic E-state index is 0.0564. The van der Waals surface area contributed by atoms with Crippen molar-refractivity contribution >= 4 is 5.91 Å². The van der Waals surface area contributed by atoms with Gasteiger partial charge in [0.1, 0.15) is 0 Å². The molecular formula is C14H28N2O. The van der Waals surface area contributed by atoms with Gasteiger partial charge < -0.3 is 10.2 Å². The molecule has 0 saturated carbocycles. The van der Waals surface area contributed by atoms with Gasteiger partial charge in [-0.1, -0.05) is 34.6 Å². The van der Waals surface area contributed by atoms with E-state index in [2.05, 4.69) is 39.9 Å². The van der Waals surface area contributed by atoms with E-state index in [0.29, 0.717) is 11.8 Å². The Hall–Kier alpha value is -0.570. The van der Waals surface area contributed by atoms with Crippen molar-refractivity contribution in [3.05, 3.63) is 0 Å². The summed E-state index contributed by atoms with van der Waals surface area (Å²) in [6.45, 7) is 13.7. The standard InChI is InChI=1S/C14H28N2O/c1-6-15-12-8-7-9-16(13(12)17)10-11(2)14(3,4)5/h11-12,15H,6-10H2,1-5H3. The summed E-state index contributed by atoms with van der Waals surface area (Å²) in [7, 11) is 0. The molecule has 1 aliphatic rings. The number of carbonyl (C=O) groups excluding carboxylic acids is 1. The minimum absolute atomic E-state index is 0.0564. The second kappa shape index (κ2) is 5.85. The number of likely N-dealkylation sites (N-methyl/N-ethyl adjacent to an activating group) is 1. The number of piperidine rings is 1. The van der Waals surface area contributed by atoms with Crippen molar-refractivity contribution < 1.29 is 4.79 Å². The predicted molar refractivity (Wildman–Crippen MR) is 71.9 cm³/mol. The van der Waals surface area contributed by atoms with Gasteiger partial charge in [-0.05, 0) is 30.7 Å². The monoisotopic (exact) mass is 240 g/mol. The molecule has 2 unspecified atom stereocenters. The summed E-state index contributed by atoms with van der Waals surface area (Å²) in [5.74, 6) is 0.834. The fraction of sp³-hybridized carbons (Fsp3) is 0.929. The van der Waals surface area contributed by atoms with E-state index in [9.17, 15) is 4.79 Å². The zero-order chi connectivity index (χ0) is 13.1. The molecule has 100 valence electrons. The van der Waals surface area contributed by atoms with Gasteiger partial charge in [-0.15, -0.1) is 0 Å². The molecule has 1 aliphatic heterocycles. The Morgan fingerprint density at radius 1 is 1.47 bits per heavy atom. The summed E-state index contributed by atoms with van der Waals surface area (Å²) in [6, 6.07) is 0.0564. The van der Waals surface area contributed by atoms with Crippen LogP contribution in [0.1, 0.15) is 47.5 Å². The number of nitrogens with zero attached hydrogens (tertiary/aromatic N) is 1. The molecule has 0 bridgehead atoms. The zero-order valence-electron chi connectivity index (χ0n) is 12.0. The van der Waals surface area contributed by atoms with E-state index < -0.39 is 0 Å². The highest BCUT2D eigenvalue weighted by Gasteiger charge is 2.31. The maximum atomic E-state index is 12.2. The topological polar surface area (TPSA) is 32.3 Å². The van der Waals surface area contributed by atoms with Crippen molar-refractivity contribution in [3.8, 4) is 0 Å². The molecule has 17 heavy (non-hydrogen) atoms. The maximum absolute atomic E-state index is 12.2. The average molecular weight is 240 g/mol. The van der Waals surface area contributed by atoms with E-state index >= 15 is 0 Å². The van der Waals surface area contributed by atoms with E-state index in [-0.39, 0.29) is 11.5 Å². The van der Waals surface area contributed by atoms with Crippen LogP contribution in [0.25, 0.3) is 0 Å². The lowest BCUT2D eigenvalue weighted by Crippen LogP contribution is -2.52. The Labute approximate surface area is 106 Å². The molecule has 1 fully saturated rings. The van der Waals surface area contributed by atoms with Crippen LogP contribution in [0.2, 0.25) is 0 Å². The number of amides is 1. The number of nitrogens with one attached hydrogen (secondary N) is 1. The Balaban J connectivity index is 2.56. The summed E-state index contributed by atoms with van der Waals surface area (Å²) in [5.41, 5.74) is 0.269. The summed E-state index contributed by atoms with van der Waals surface area (Å²) in [5, 5.41) is 3.28. The average Bonchev–Trinajstić information content (AvgIpc) is 2.22. The van der Waals surface area contributed by atoms with E-state index in [4.69, 9.17) is 0 Å². The fourth-order valence-electron chi connectivity index (χ4n) is 2.16. The molecule has 0 aliphatic carbocycles. The van der Waals surface area contributed by atoms with Gasteiger partial charge in [0.25, 0.3) is 0 Å². The van der Waals surface area contributed by atoms with Gasteiger partial charge in [-0.3, -0.25) is 4.79 Å². The van der Waals surface area contributed by atoms with E-state index in [1.807, 2.05) is 4.90 Å². The summed E-state index contributed by atoms with van der Waals surface area (Å²) >= 11 is 0. The molecule has 1 amide bonds. The lowest BCUT2D eigenvalue weighted by molar-refractivity contribution is -0.137. The first kappa shape index (κ1) is 14.5. The number of carbonyl (C=O) groups is 1. The van der Waals surface area contributed by atoms with Crippen molar-refractivity contribution in [1.82, 2.24) is 10.2 Å². The van der Waals surface area contributed by atoms with Gasteiger partial charge in [-0.25, -0.2) is 0 Å². The highest BCUT2D eigenvalue weighted by molar-refractivity contribution is 5.82. The van der Waals surface area contributed by atoms with Crippen molar-refractivity contribution in [2.24, 2.45) is 11.3 Å². The predicted octanol–water partition coefficient (Wildman–Crippen LogP) is 2.27. The van der Waals surface area contributed by atoms with Crippen LogP contribution < -0.4 is 5.32 Å². The van der Waals surface area contributed by atoms with Gasteiger partial charge in [0.15, 0.2) is 0 Å². The Morgan fingerprint density at radius 2 is 2.12 bits per heavy atom. The van der Waals surface area contributed by atoms with Crippen LogP contribution in [0, 0.1) is 11.3 Å². The van der Waals surface area contributed by atoms with Gasteiger partial charge in [0.05, 0.1) is 6.04 Å². The highest BCUT2D eigenvalue weighted by Crippen LogP contribution is 2.27. The van der Waals surface area contributed by atoms with Crippen LogP contribution >= 0.6 is 0 Å². The summed E-state index contributed by atoms with van der Waals surface area (Å²) < 4.78 is 0. The largest absolute Gasteiger partial charge is 0.341 e. The van der Waals surface area contributed by atoms with Crippen LogP contribution in [-0.2, 0) is 4.79 Å². The van der Waals surface area contributed by atoms with Crippen molar-refractivity contribution in [1.29, 1.82) is 0 Å². The molecule has 1 N–H and O–H groups in total. The number of hydrogen-bond acceptors (Lipinski definition) is 2. The molecule has 1 saturated heterocycles. The highest BCUT2D eigenvalue weighted by atomic mass is 16.2. The van der Waals surface area contributed by atoms with Gasteiger partial charge in [0.2, 0.25) is 5.91 Å². The molecule has 0 aromatic rings. The molecule has 3 heteroatoms. The third-order valence-corrected chi connectivity index (χ3v) is 3.95. The van der Waals surface area contributed by atoms with Crippen molar-refractivity contribution in [2.45, 2.75) is 53.5 Å². The second-order valence-corrected chi connectivity index (χ2v) is 6.30. The van der Waals surface area contributed by atoms with Gasteiger partial charge >= 0.3 is 0 Å². The Morgan fingerprint density at radius 3 is 2.65 bits per heavy atom. The maximum Gasteiger partial charge on any atom is 0.239 e. The molecule has 0 spiro atoms. The molecule has 0 radical (unpaired) electrons. The lowest BCUT2D eigenvalue weighted by Gasteiger charge is -2.37. The molecule has 2 atom stereocenters. The van der Waals surface area contributed by atoms with E-state index in [1.165, 1.54) is 0 Å². The smallest absolute Gasteiger partial charge is 0.239 e. The van der Waals surface area contributed by atoms with Crippen molar-refractivity contribution in [3.63, 3.8) is 0 Å². The van der Waals surface area contributed by atoms with Crippen molar-refractivity contribution in [2.75, 3.05) is 19.6 Å². The molecule has 0 aromatic carbocycles. The quantitative estimate of drug-likeness (QED) is 0.817. The molecule has 3 nitrogen and oxygen atoms in total. The first-order valence-electron chi connectivity index (χ1n) is 6.88. The van der Waals surface area contributed by atoms with Crippen LogP contribution in [0.15, 0.2) is 0 Å². The SMILES string of the molecule is CCNC1CCCN(CC(C)C(C)(C)C)C1=O.